The maximum absolute atomic E-state index is 13.4. The van der Waals surface area contributed by atoms with Crippen LogP contribution in [0.5, 0.6) is 0 Å². The highest BCUT2D eigenvalue weighted by Gasteiger charge is 2.19. The van der Waals surface area contributed by atoms with Crippen molar-refractivity contribution in [2.24, 2.45) is 11.5 Å². The number of hydrogen-bond acceptors (Lipinski definition) is 2. The fraction of sp³-hybridized carbons (Fsp3) is 0.143. The average molecular weight is 406 g/mol. The van der Waals surface area contributed by atoms with E-state index in [4.69, 9.17) is 11.5 Å². The van der Waals surface area contributed by atoms with Gasteiger partial charge in [0, 0.05) is 21.0 Å². The van der Waals surface area contributed by atoms with Crippen LogP contribution in [0.3, 0.4) is 0 Å². The van der Waals surface area contributed by atoms with Crippen LogP contribution in [0.15, 0.2) is 45.3 Å². The van der Waals surface area contributed by atoms with Crippen LogP contribution in [-0.4, -0.2) is 0 Å². The van der Waals surface area contributed by atoms with E-state index in [1.807, 2.05) is 0 Å². The fourth-order valence-electron chi connectivity index (χ4n) is 1.95. The van der Waals surface area contributed by atoms with E-state index in [2.05, 4.69) is 31.9 Å². The minimum Gasteiger partial charge on any atom is -0.322 e. The van der Waals surface area contributed by atoms with Gasteiger partial charge in [0.15, 0.2) is 0 Å². The first-order valence-corrected chi connectivity index (χ1v) is 7.38. The Kier molecular flexibility index (Phi) is 4.90. The largest absolute Gasteiger partial charge is 0.322 e. The SMILES string of the molecule is NC(c1cc(F)cc(Br)c1)C(N)c1cc(F)cc(Br)c1. The normalized spacial score (nSPS) is 14.1. The lowest BCUT2D eigenvalue weighted by Crippen LogP contribution is -2.26. The van der Waals surface area contributed by atoms with Crippen LogP contribution in [0.2, 0.25) is 0 Å². The van der Waals surface area contributed by atoms with Gasteiger partial charge in [-0.2, -0.15) is 0 Å². The molecule has 0 heterocycles. The van der Waals surface area contributed by atoms with Gasteiger partial charge in [0.05, 0.1) is 0 Å². The summed E-state index contributed by atoms with van der Waals surface area (Å²) in [7, 11) is 0. The molecule has 2 aromatic rings. The standard InChI is InChI=1S/C14H12Br2F2N2/c15-9-1-7(3-11(17)5-9)13(19)14(20)8-2-10(16)6-12(18)4-8/h1-6,13-14H,19-20H2. The summed E-state index contributed by atoms with van der Waals surface area (Å²) in [6.45, 7) is 0. The van der Waals surface area contributed by atoms with E-state index in [9.17, 15) is 8.78 Å². The van der Waals surface area contributed by atoms with Gasteiger partial charge in [0.25, 0.3) is 0 Å². The molecule has 6 heteroatoms. The molecule has 0 aliphatic carbocycles. The van der Waals surface area contributed by atoms with E-state index in [0.29, 0.717) is 20.1 Å². The molecule has 0 bridgehead atoms. The van der Waals surface area contributed by atoms with Gasteiger partial charge in [-0.05, 0) is 47.5 Å². The quantitative estimate of drug-likeness (QED) is 0.804. The van der Waals surface area contributed by atoms with Crippen molar-refractivity contribution in [2.45, 2.75) is 12.1 Å². The summed E-state index contributed by atoms with van der Waals surface area (Å²) in [5.41, 5.74) is 13.2. The third kappa shape index (κ3) is 3.63. The lowest BCUT2D eigenvalue weighted by atomic mass is 9.95. The van der Waals surface area contributed by atoms with Gasteiger partial charge < -0.3 is 11.5 Å². The second-order valence-corrected chi connectivity index (χ2v) is 6.29. The predicted octanol–water partition coefficient (Wildman–Crippen LogP) is 4.19. The maximum atomic E-state index is 13.4. The Labute approximate surface area is 132 Å². The van der Waals surface area contributed by atoms with Gasteiger partial charge in [-0.15, -0.1) is 0 Å². The van der Waals surface area contributed by atoms with Crippen molar-refractivity contribution in [1.82, 2.24) is 0 Å². The summed E-state index contributed by atoms with van der Waals surface area (Å²) >= 11 is 6.41. The fourth-order valence-corrected chi connectivity index (χ4v) is 2.92. The molecule has 2 unspecified atom stereocenters. The average Bonchev–Trinajstić information content (AvgIpc) is 2.34. The van der Waals surface area contributed by atoms with Crippen molar-refractivity contribution in [3.05, 3.63) is 68.1 Å². The second kappa shape index (κ2) is 6.30. The molecule has 0 spiro atoms. The molecular formula is C14H12Br2F2N2. The van der Waals surface area contributed by atoms with E-state index in [1.54, 1.807) is 12.1 Å². The second-order valence-electron chi connectivity index (χ2n) is 4.46. The number of halogens is 4. The van der Waals surface area contributed by atoms with E-state index in [-0.39, 0.29) is 0 Å². The summed E-state index contributed by atoms with van der Waals surface area (Å²) in [6, 6.07) is 7.42. The van der Waals surface area contributed by atoms with Crippen molar-refractivity contribution in [3.63, 3.8) is 0 Å². The zero-order valence-corrected chi connectivity index (χ0v) is 13.5. The van der Waals surface area contributed by atoms with Crippen molar-refractivity contribution >= 4 is 31.9 Å². The van der Waals surface area contributed by atoms with Gasteiger partial charge >= 0.3 is 0 Å². The molecule has 0 fully saturated rings. The third-order valence-electron chi connectivity index (χ3n) is 2.93. The number of hydrogen-bond donors (Lipinski definition) is 2. The first-order valence-electron chi connectivity index (χ1n) is 5.80. The van der Waals surface area contributed by atoms with Crippen LogP contribution in [0.25, 0.3) is 0 Å². The molecule has 0 aliphatic rings. The molecule has 2 nitrogen and oxygen atoms in total. The maximum Gasteiger partial charge on any atom is 0.124 e. The van der Waals surface area contributed by atoms with E-state index in [1.165, 1.54) is 24.3 Å². The smallest absolute Gasteiger partial charge is 0.124 e. The van der Waals surface area contributed by atoms with Crippen LogP contribution in [0.1, 0.15) is 23.2 Å². The van der Waals surface area contributed by atoms with Crippen LogP contribution in [-0.2, 0) is 0 Å². The first kappa shape index (κ1) is 15.6. The van der Waals surface area contributed by atoms with E-state index < -0.39 is 23.7 Å². The Balaban J connectivity index is 2.34. The summed E-state index contributed by atoms with van der Waals surface area (Å²) < 4.78 is 27.9. The van der Waals surface area contributed by atoms with Gasteiger partial charge in [-0.3, -0.25) is 0 Å². The van der Waals surface area contributed by atoms with Gasteiger partial charge in [-0.25, -0.2) is 8.78 Å². The molecule has 4 N–H and O–H groups in total. The lowest BCUT2D eigenvalue weighted by molar-refractivity contribution is 0.556. The first-order chi connectivity index (χ1) is 9.36. The van der Waals surface area contributed by atoms with Crippen LogP contribution < -0.4 is 11.5 Å². The Morgan fingerprint density at radius 1 is 0.700 bits per heavy atom. The van der Waals surface area contributed by atoms with Crippen molar-refractivity contribution in [1.29, 1.82) is 0 Å². The van der Waals surface area contributed by atoms with Crippen molar-refractivity contribution < 1.29 is 8.78 Å². The molecule has 0 aliphatic heterocycles. The van der Waals surface area contributed by atoms with E-state index in [0.717, 1.165) is 0 Å². The number of benzene rings is 2. The molecule has 2 aromatic carbocycles. The lowest BCUT2D eigenvalue weighted by Gasteiger charge is -2.21. The molecule has 0 saturated heterocycles. The van der Waals surface area contributed by atoms with Crippen molar-refractivity contribution in [3.8, 4) is 0 Å². The summed E-state index contributed by atoms with van der Waals surface area (Å²) in [5.74, 6) is -0.810. The molecule has 106 valence electrons. The molecular weight excluding hydrogens is 394 g/mol. The summed E-state index contributed by atoms with van der Waals surface area (Å²) in [6.07, 6.45) is 0. The molecule has 2 rings (SSSR count). The highest BCUT2D eigenvalue weighted by Crippen LogP contribution is 2.29. The molecule has 2 atom stereocenters. The Morgan fingerprint density at radius 2 is 1.05 bits per heavy atom. The Hall–Kier alpha value is -0.820. The summed E-state index contributed by atoms with van der Waals surface area (Å²) in [4.78, 5) is 0. The summed E-state index contributed by atoms with van der Waals surface area (Å²) in [5, 5.41) is 0. The van der Waals surface area contributed by atoms with Gasteiger partial charge in [-0.1, -0.05) is 31.9 Å². The minimum atomic E-state index is -0.643. The minimum absolute atomic E-state index is 0.405. The number of rotatable bonds is 3. The molecule has 0 saturated carbocycles. The number of nitrogens with two attached hydrogens (primary N) is 2. The topological polar surface area (TPSA) is 52.0 Å². The Bertz CT molecular complexity index is 539. The van der Waals surface area contributed by atoms with Crippen LogP contribution in [0, 0.1) is 11.6 Å². The zero-order valence-electron chi connectivity index (χ0n) is 10.3. The third-order valence-corrected chi connectivity index (χ3v) is 3.84. The zero-order chi connectivity index (χ0) is 14.9. The monoisotopic (exact) mass is 404 g/mol. The van der Waals surface area contributed by atoms with Crippen LogP contribution in [0.4, 0.5) is 8.78 Å². The van der Waals surface area contributed by atoms with Gasteiger partial charge in [0.2, 0.25) is 0 Å². The molecule has 0 radical (unpaired) electrons. The van der Waals surface area contributed by atoms with Gasteiger partial charge in [0.1, 0.15) is 11.6 Å². The van der Waals surface area contributed by atoms with Crippen molar-refractivity contribution in [2.75, 3.05) is 0 Å². The van der Waals surface area contributed by atoms with Crippen LogP contribution >= 0.6 is 31.9 Å². The van der Waals surface area contributed by atoms with E-state index >= 15 is 0 Å². The predicted molar refractivity (Wildman–Crippen MR) is 82.1 cm³/mol. The highest BCUT2D eigenvalue weighted by atomic mass is 79.9. The molecule has 0 amide bonds. The highest BCUT2D eigenvalue weighted by molar-refractivity contribution is 9.10. The molecule has 20 heavy (non-hydrogen) atoms. The molecule has 0 aromatic heterocycles. The Morgan fingerprint density at radius 3 is 1.35 bits per heavy atom.